The molecule has 0 bridgehead atoms. The average molecular weight is 409 g/mol. The molecule has 30 heavy (non-hydrogen) atoms. The summed E-state index contributed by atoms with van der Waals surface area (Å²) in [5.41, 5.74) is 9.80. The number of aryl methyl sites for hydroxylation is 2. The largest absolute Gasteiger partial charge is 0.459 e. The van der Waals surface area contributed by atoms with Crippen LogP contribution in [0, 0.1) is 13.8 Å². The van der Waals surface area contributed by atoms with Crippen molar-refractivity contribution in [2.75, 3.05) is 24.5 Å². The molecule has 0 radical (unpaired) electrons. The summed E-state index contributed by atoms with van der Waals surface area (Å²) in [5, 5.41) is 4.80. The van der Waals surface area contributed by atoms with Gasteiger partial charge in [0.2, 0.25) is 0 Å². The van der Waals surface area contributed by atoms with E-state index in [9.17, 15) is 4.79 Å². The van der Waals surface area contributed by atoms with E-state index in [2.05, 4.69) is 11.8 Å². The number of piperidine rings is 1. The Morgan fingerprint density at radius 1 is 1.20 bits per heavy atom. The van der Waals surface area contributed by atoms with Gasteiger partial charge in [0.15, 0.2) is 11.4 Å². The Morgan fingerprint density at radius 2 is 2.07 bits per heavy atom. The molecule has 5 heterocycles. The SMILES string of the molecule is Cc1coc(C(=O)N2CCCC[C@H]2c2cc3nc(N4CC[C@H](N)C4)c(C)cn3n2)c1. The van der Waals surface area contributed by atoms with Gasteiger partial charge in [-0.1, -0.05) is 0 Å². The van der Waals surface area contributed by atoms with Crippen molar-refractivity contribution in [3.05, 3.63) is 47.2 Å². The fourth-order valence-corrected chi connectivity index (χ4v) is 4.65. The van der Waals surface area contributed by atoms with Crippen molar-refractivity contribution in [3.8, 4) is 0 Å². The molecular formula is C22H28N6O2. The maximum absolute atomic E-state index is 13.1. The molecule has 2 aliphatic rings. The first kappa shape index (κ1) is 19.1. The molecule has 8 nitrogen and oxygen atoms in total. The fourth-order valence-electron chi connectivity index (χ4n) is 4.65. The van der Waals surface area contributed by atoms with Gasteiger partial charge < -0.3 is 20.0 Å². The van der Waals surface area contributed by atoms with Crippen LogP contribution in [0.4, 0.5) is 5.82 Å². The number of likely N-dealkylation sites (tertiary alicyclic amines) is 1. The molecule has 2 fully saturated rings. The molecule has 3 aromatic rings. The number of aromatic nitrogens is 3. The van der Waals surface area contributed by atoms with Crippen LogP contribution in [0.1, 0.15) is 59.1 Å². The number of nitrogens with two attached hydrogens (primary N) is 1. The van der Waals surface area contributed by atoms with Crippen molar-refractivity contribution in [1.29, 1.82) is 0 Å². The Kier molecular flexibility index (Phi) is 4.73. The van der Waals surface area contributed by atoms with Gasteiger partial charge in [-0.25, -0.2) is 9.50 Å². The van der Waals surface area contributed by atoms with E-state index in [1.807, 2.05) is 28.6 Å². The number of rotatable bonds is 3. The van der Waals surface area contributed by atoms with E-state index in [4.69, 9.17) is 20.2 Å². The molecular weight excluding hydrogens is 380 g/mol. The van der Waals surface area contributed by atoms with E-state index in [0.29, 0.717) is 12.3 Å². The van der Waals surface area contributed by atoms with Crippen LogP contribution in [-0.4, -0.2) is 51.1 Å². The maximum Gasteiger partial charge on any atom is 0.290 e. The number of fused-ring (bicyclic) bond motifs is 1. The van der Waals surface area contributed by atoms with Crippen LogP contribution in [0.5, 0.6) is 0 Å². The van der Waals surface area contributed by atoms with Crippen LogP contribution in [0.3, 0.4) is 0 Å². The summed E-state index contributed by atoms with van der Waals surface area (Å²) >= 11 is 0. The molecule has 0 aliphatic carbocycles. The average Bonchev–Trinajstić information content (AvgIpc) is 3.46. The van der Waals surface area contributed by atoms with Gasteiger partial charge >= 0.3 is 0 Å². The first-order chi connectivity index (χ1) is 14.5. The Bertz CT molecular complexity index is 1090. The molecule has 2 N–H and O–H groups in total. The molecule has 0 unspecified atom stereocenters. The molecule has 8 heteroatoms. The number of carbonyl (C=O) groups is 1. The molecule has 2 saturated heterocycles. The van der Waals surface area contributed by atoms with Crippen molar-refractivity contribution in [2.45, 2.75) is 51.6 Å². The van der Waals surface area contributed by atoms with Crippen molar-refractivity contribution in [3.63, 3.8) is 0 Å². The third-order valence-corrected chi connectivity index (χ3v) is 6.19. The Morgan fingerprint density at radius 3 is 2.80 bits per heavy atom. The monoisotopic (exact) mass is 408 g/mol. The quantitative estimate of drug-likeness (QED) is 0.716. The number of carbonyl (C=O) groups excluding carboxylic acids is 1. The van der Waals surface area contributed by atoms with Crippen molar-refractivity contribution in [1.82, 2.24) is 19.5 Å². The van der Waals surface area contributed by atoms with Crippen molar-refractivity contribution in [2.24, 2.45) is 5.73 Å². The molecule has 5 rings (SSSR count). The summed E-state index contributed by atoms with van der Waals surface area (Å²) in [6.45, 7) is 6.45. The summed E-state index contributed by atoms with van der Waals surface area (Å²) in [5.74, 6) is 1.30. The number of hydrogen-bond acceptors (Lipinski definition) is 6. The Balaban J connectivity index is 1.47. The topological polar surface area (TPSA) is 92.9 Å². The minimum absolute atomic E-state index is 0.0673. The van der Waals surface area contributed by atoms with E-state index in [-0.39, 0.29) is 18.0 Å². The molecule has 0 saturated carbocycles. The Hall–Kier alpha value is -2.87. The summed E-state index contributed by atoms with van der Waals surface area (Å²) in [7, 11) is 0. The van der Waals surface area contributed by atoms with Gasteiger partial charge in [-0.05, 0) is 51.2 Å². The number of furan rings is 1. The van der Waals surface area contributed by atoms with E-state index >= 15 is 0 Å². The van der Waals surface area contributed by atoms with Gasteiger partial charge in [0, 0.05) is 43.5 Å². The molecule has 0 aromatic carbocycles. The molecule has 2 aliphatic heterocycles. The summed E-state index contributed by atoms with van der Waals surface area (Å²) in [6, 6.07) is 3.95. The molecule has 0 spiro atoms. The van der Waals surface area contributed by atoms with Gasteiger partial charge in [0.1, 0.15) is 5.82 Å². The molecule has 1 amide bonds. The third kappa shape index (κ3) is 3.35. The third-order valence-electron chi connectivity index (χ3n) is 6.19. The van der Waals surface area contributed by atoms with Crippen LogP contribution in [0.2, 0.25) is 0 Å². The van der Waals surface area contributed by atoms with Gasteiger partial charge in [-0.2, -0.15) is 5.10 Å². The first-order valence-electron chi connectivity index (χ1n) is 10.7. The highest BCUT2D eigenvalue weighted by Gasteiger charge is 2.32. The predicted molar refractivity (Wildman–Crippen MR) is 114 cm³/mol. The molecule has 2 atom stereocenters. The fraction of sp³-hybridized carbons (Fsp3) is 0.500. The second-order valence-electron chi connectivity index (χ2n) is 8.61. The Labute approximate surface area is 175 Å². The van der Waals surface area contributed by atoms with E-state index in [1.165, 1.54) is 0 Å². The van der Waals surface area contributed by atoms with Crippen molar-refractivity contribution < 1.29 is 9.21 Å². The summed E-state index contributed by atoms with van der Waals surface area (Å²) in [6.07, 6.45) is 7.59. The van der Waals surface area contributed by atoms with Gasteiger partial charge in [-0.3, -0.25) is 4.79 Å². The number of hydrogen-bond donors (Lipinski definition) is 1. The number of anilines is 1. The zero-order chi connectivity index (χ0) is 20.8. The smallest absolute Gasteiger partial charge is 0.290 e. The van der Waals surface area contributed by atoms with Gasteiger partial charge in [-0.15, -0.1) is 0 Å². The molecule has 158 valence electrons. The van der Waals surface area contributed by atoms with E-state index in [1.54, 1.807) is 12.3 Å². The number of amides is 1. The standard InChI is InChI=1S/C22H28N6O2/c1-14-9-19(30-13-14)22(29)27-7-4-3-5-18(27)17-10-20-24-21(15(2)11-28(20)25-17)26-8-6-16(23)12-26/h9-11,13,16,18H,3-8,12,23H2,1-2H3/t16-,18-/m0/s1. The van der Waals surface area contributed by atoms with Gasteiger partial charge in [0.05, 0.1) is 18.0 Å². The lowest BCUT2D eigenvalue weighted by Gasteiger charge is -2.34. The first-order valence-corrected chi connectivity index (χ1v) is 10.7. The van der Waals surface area contributed by atoms with Gasteiger partial charge in [0.25, 0.3) is 5.91 Å². The van der Waals surface area contributed by atoms with Crippen LogP contribution < -0.4 is 10.6 Å². The van der Waals surface area contributed by atoms with E-state index < -0.39 is 0 Å². The normalized spacial score (nSPS) is 22.2. The molecule has 3 aromatic heterocycles. The zero-order valence-electron chi connectivity index (χ0n) is 17.5. The van der Waals surface area contributed by atoms with Crippen molar-refractivity contribution >= 4 is 17.4 Å². The lowest BCUT2D eigenvalue weighted by Crippen LogP contribution is -2.38. The van der Waals surface area contributed by atoms with Crippen LogP contribution in [0.15, 0.2) is 29.0 Å². The lowest BCUT2D eigenvalue weighted by molar-refractivity contribution is 0.0573. The summed E-state index contributed by atoms with van der Waals surface area (Å²) in [4.78, 5) is 22.1. The zero-order valence-corrected chi connectivity index (χ0v) is 17.5. The van der Waals surface area contributed by atoms with Crippen LogP contribution in [0.25, 0.3) is 5.65 Å². The lowest BCUT2D eigenvalue weighted by atomic mass is 9.99. The maximum atomic E-state index is 13.1. The minimum atomic E-state index is -0.0688. The van der Waals surface area contributed by atoms with Crippen LogP contribution in [-0.2, 0) is 0 Å². The highest BCUT2D eigenvalue weighted by Crippen LogP contribution is 2.33. The highest BCUT2D eigenvalue weighted by atomic mass is 16.3. The second-order valence-corrected chi connectivity index (χ2v) is 8.61. The predicted octanol–water partition coefficient (Wildman–Crippen LogP) is 2.84. The second kappa shape index (κ2) is 7.43. The highest BCUT2D eigenvalue weighted by molar-refractivity contribution is 5.92. The van der Waals surface area contributed by atoms with Crippen LogP contribution >= 0.6 is 0 Å². The minimum Gasteiger partial charge on any atom is -0.459 e. The number of nitrogens with zero attached hydrogens (tertiary/aromatic N) is 5. The summed E-state index contributed by atoms with van der Waals surface area (Å²) < 4.78 is 7.31. The van der Waals surface area contributed by atoms with E-state index in [0.717, 1.165) is 67.1 Å².